The molecule has 31 heavy (non-hydrogen) atoms. The number of H-pyrrole nitrogens is 1. The molecule has 2 atom stereocenters. The van der Waals surface area contributed by atoms with E-state index in [2.05, 4.69) is 40.8 Å². The highest BCUT2D eigenvalue weighted by Gasteiger charge is 2.45. The number of carbonyl (C=O) groups is 1. The summed E-state index contributed by atoms with van der Waals surface area (Å²) in [5.74, 6) is -1.49. The first-order chi connectivity index (χ1) is 14.8. The van der Waals surface area contributed by atoms with Crippen LogP contribution >= 0.6 is 0 Å². The highest BCUT2D eigenvalue weighted by molar-refractivity contribution is 5.86. The number of nitrogens with zero attached hydrogens (tertiary/aromatic N) is 2. The van der Waals surface area contributed by atoms with Crippen LogP contribution in [0.25, 0.3) is 17.0 Å². The van der Waals surface area contributed by atoms with Crippen molar-refractivity contribution in [2.24, 2.45) is 5.41 Å². The predicted octanol–water partition coefficient (Wildman–Crippen LogP) is 4.94. The van der Waals surface area contributed by atoms with Crippen LogP contribution in [0.1, 0.15) is 55.2 Å². The fraction of sp³-hybridized carbons (Fsp3) is 0.360. The Morgan fingerprint density at radius 2 is 2.16 bits per heavy atom. The fourth-order valence-electron chi connectivity index (χ4n) is 4.78. The van der Waals surface area contributed by atoms with Crippen molar-refractivity contribution in [3.05, 3.63) is 70.9 Å². The molecule has 1 aliphatic heterocycles. The Bertz CT molecular complexity index is 1190. The number of aromatic amines is 1. The van der Waals surface area contributed by atoms with Gasteiger partial charge in [0.05, 0.1) is 11.7 Å². The predicted molar refractivity (Wildman–Crippen MR) is 118 cm³/mol. The normalized spacial score (nSPS) is 22.7. The van der Waals surface area contributed by atoms with Crippen molar-refractivity contribution in [3.63, 3.8) is 0 Å². The molecule has 1 aromatic carbocycles. The summed E-state index contributed by atoms with van der Waals surface area (Å²) in [4.78, 5) is 21.3. The van der Waals surface area contributed by atoms with Crippen molar-refractivity contribution >= 4 is 22.9 Å². The van der Waals surface area contributed by atoms with Gasteiger partial charge in [-0.05, 0) is 60.9 Å². The van der Waals surface area contributed by atoms with Gasteiger partial charge in [0.15, 0.2) is 0 Å². The van der Waals surface area contributed by atoms with Crippen molar-refractivity contribution in [1.82, 2.24) is 14.9 Å². The number of hydrogen-bond acceptors (Lipinski definition) is 3. The average molecular weight is 420 g/mol. The summed E-state index contributed by atoms with van der Waals surface area (Å²) in [5.41, 5.74) is 4.41. The zero-order valence-corrected chi connectivity index (χ0v) is 17.7. The molecule has 2 aliphatic rings. The molecule has 2 N–H and O–H groups in total. The third-order valence-electron chi connectivity index (χ3n) is 6.75. The van der Waals surface area contributed by atoms with Crippen LogP contribution in [0.3, 0.4) is 0 Å². The lowest BCUT2D eigenvalue weighted by Gasteiger charge is -2.42. The molecule has 160 valence electrons. The quantitative estimate of drug-likeness (QED) is 0.575. The maximum atomic E-state index is 15.4. The third-order valence-corrected chi connectivity index (χ3v) is 6.75. The minimum atomic E-state index is -1.07. The second-order valence-corrected chi connectivity index (χ2v) is 9.31. The number of hydrogen-bond donors (Lipinski definition) is 2. The second-order valence-electron chi connectivity index (χ2n) is 9.31. The van der Waals surface area contributed by atoms with Crippen LogP contribution in [-0.4, -0.2) is 38.5 Å². The Hall–Kier alpha value is -2.99. The molecule has 0 bridgehead atoms. The molecule has 0 saturated heterocycles. The van der Waals surface area contributed by atoms with Crippen molar-refractivity contribution in [1.29, 1.82) is 0 Å². The molecule has 0 amide bonds. The molecule has 5 nitrogen and oxygen atoms in total. The molecule has 6 heteroatoms. The maximum absolute atomic E-state index is 15.4. The zero-order chi connectivity index (χ0) is 21.8. The van der Waals surface area contributed by atoms with Gasteiger partial charge in [-0.15, -0.1) is 0 Å². The van der Waals surface area contributed by atoms with Gasteiger partial charge in [-0.1, -0.05) is 25.1 Å². The van der Waals surface area contributed by atoms with E-state index < -0.39 is 11.8 Å². The molecular weight excluding hydrogens is 393 g/mol. The number of carboxylic acid groups (broad SMARTS) is 1. The number of aromatic nitrogens is 2. The largest absolute Gasteiger partial charge is 0.478 e. The number of pyridine rings is 1. The summed E-state index contributed by atoms with van der Waals surface area (Å²) >= 11 is 0. The minimum absolute atomic E-state index is 0.252. The highest BCUT2D eigenvalue weighted by Crippen LogP contribution is 2.49. The summed E-state index contributed by atoms with van der Waals surface area (Å²) in [6.07, 6.45) is 7.20. The molecule has 3 heterocycles. The minimum Gasteiger partial charge on any atom is -0.478 e. The van der Waals surface area contributed by atoms with E-state index in [-0.39, 0.29) is 17.5 Å². The number of para-hydroxylation sites is 1. The van der Waals surface area contributed by atoms with Crippen LogP contribution in [0.15, 0.2) is 42.6 Å². The number of aliphatic carboxylic acids is 1. The highest BCUT2D eigenvalue weighted by atomic mass is 19.1. The Balaban J connectivity index is 1.63. The van der Waals surface area contributed by atoms with Gasteiger partial charge in [-0.3, -0.25) is 9.88 Å². The Morgan fingerprint density at radius 1 is 1.39 bits per heavy atom. The van der Waals surface area contributed by atoms with Crippen LogP contribution in [-0.2, 0) is 11.2 Å². The van der Waals surface area contributed by atoms with Gasteiger partial charge in [0.1, 0.15) is 5.82 Å². The summed E-state index contributed by atoms with van der Waals surface area (Å²) in [7, 11) is 0. The van der Waals surface area contributed by atoms with Gasteiger partial charge >= 0.3 is 5.97 Å². The number of carboxylic acids is 1. The first-order valence-corrected chi connectivity index (χ1v) is 10.8. The van der Waals surface area contributed by atoms with Gasteiger partial charge in [-0.25, -0.2) is 9.18 Å². The zero-order valence-electron chi connectivity index (χ0n) is 17.7. The number of halogens is 1. The van der Waals surface area contributed by atoms with E-state index in [1.165, 1.54) is 35.9 Å². The molecule has 0 unspecified atom stereocenters. The summed E-state index contributed by atoms with van der Waals surface area (Å²) in [6, 6.07) is 9.55. The van der Waals surface area contributed by atoms with E-state index in [1.807, 2.05) is 12.1 Å². The molecule has 3 aromatic rings. The molecule has 5 rings (SSSR count). The Morgan fingerprint density at radius 3 is 2.87 bits per heavy atom. The monoisotopic (exact) mass is 419 g/mol. The molecule has 0 radical (unpaired) electrons. The molecular formula is C25H26FN3O2. The van der Waals surface area contributed by atoms with Crippen LogP contribution in [0.5, 0.6) is 0 Å². The fourth-order valence-corrected chi connectivity index (χ4v) is 4.78. The van der Waals surface area contributed by atoms with Crippen molar-refractivity contribution in [2.45, 2.75) is 45.2 Å². The maximum Gasteiger partial charge on any atom is 0.328 e. The average Bonchev–Trinajstić information content (AvgIpc) is 3.35. The third kappa shape index (κ3) is 3.65. The van der Waals surface area contributed by atoms with Crippen molar-refractivity contribution in [3.8, 4) is 0 Å². The van der Waals surface area contributed by atoms with Crippen molar-refractivity contribution in [2.75, 3.05) is 6.54 Å². The van der Waals surface area contributed by atoms with Crippen LogP contribution < -0.4 is 0 Å². The topological polar surface area (TPSA) is 69.2 Å². The smallest absolute Gasteiger partial charge is 0.328 e. The van der Waals surface area contributed by atoms with E-state index in [0.717, 1.165) is 30.3 Å². The number of benzene rings is 1. The standard InChI is InChI=1S/C25H26FN3O2/c1-15-11-18-17-5-3-4-6-20(17)28-22(18)24(29(15)14-25(2)9-10-25)23-19(26)12-16(13-27-23)7-8-21(30)31/h3-8,12-13,15,24,28H,9-11,14H2,1-2H3,(H,30,31)/b8-7+/t15-,24+/m1/s1. The first-order valence-electron chi connectivity index (χ1n) is 10.8. The number of fused-ring (bicyclic) bond motifs is 3. The lowest BCUT2D eigenvalue weighted by molar-refractivity contribution is -0.131. The van der Waals surface area contributed by atoms with E-state index in [0.29, 0.717) is 11.3 Å². The lowest BCUT2D eigenvalue weighted by Crippen LogP contribution is -2.45. The molecule has 1 saturated carbocycles. The van der Waals surface area contributed by atoms with Crippen LogP contribution in [0.2, 0.25) is 0 Å². The van der Waals surface area contributed by atoms with Crippen LogP contribution in [0.4, 0.5) is 4.39 Å². The molecule has 1 fully saturated rings. The van der Waals surface area contributed by atoms with E-state index >= 15 is 4.39 Å². The molecule has 1 aliphatic carbocycles. The van der Waals surface area contributed by atoms with E-state index in [4.69, 9.17) is 5.11 Å². The Kier molecular flexibility index (Phi) is 4.70. The number of rotatable bonds is 5. The summed E-state index contributed by atoms with van der Waals surface area (Å²) < 4.78 is 15.4. The van der Waals surface area contributed by atoms with Gasteiger partial charge in [0.25, 0.3) is 0 Å². The van der Waals surface area contributed by atoms with Gasteiger partial charge in [0, 0.05) is 41.5 Å². The molecule has 0 spiro atoms. The van der Waals surface area contributed by atoms with Gasteiger partial charge in [0.2, 0.25) is 0 Å². The lowest BCUT2D eigenvalue weighted by atomic mass is 9.89. The summed E-state index contributed by atoms with van der Waals surface area (Å²) in [5, 5.41) is 10.0. The second kappa shape index (κ2) is 7.31. The van der Waals surface area contributed by atoms with Crippen molar-refractivity contribution < 1.29 is 14.3 Å². The van der Waals surface area contributed by atoms with E-state index in [1.54, 1.807) is 6.20 Å². The van der Waals surface area contributed by atoms with Gasteiger partial charge < -0.3 is 10.1 Å². The Labute approximate surface area is 180 Å². The SMILES string of the molecule is C[C@@H]1Cc2c([nH]c3ccccc23)[C@@H](c2ncc(/C=C/C(=O)O)cc2F)N1CC1(C)CC1. The number of nitrogens with one attached hydrogen (secondary N) is 1. The van der Waals surface area contributed by atoms with E-state index in [9.17, 15) is 4.79 Å². The van der Waals surface area contributed by atoms with Crippen LogP contribution in [0, 0.1) is 11.2 Å². The molecule has 2 aromatic heterocycles. The summed E-state index contributed by atoms with van der Waals surface area (Å²) in [6.45, 7) is 5.40. The first kappa shape index (κ1) is 19.9. The van der Waals surface area contributed by atoms with Gasteiger partial charge in [-0.2, -0.15) is 0 Å².